The Morgan fingerprint density at radius 1 is 1.17 bits per heavy atom. The summed E-state index contributed by atoms with van der Waals surface area (Å²) in [4.78, 5) is 18.8. The fraction of sp³-hybridized carbons (Fsp3) is 0.542. The van der Waals surface area contributed by atoms with E-state index in [1.54, 1.807) is 0 Å². The summed E-state index contributed by atoms with van der Waals surface area (Å²) in [6.45, 7) is 8.82. The third-order valence-corrected chi connectivity index (χ3v) is 7.43. The molecule has 1 saturated heterocycles. The first-order valence-electron chi connectivity index (χ1n) is 10.9. The molecule has 4 nitrogen and oxygen atoms in total. The van der Waals surface area contributed by atoms with Crippen LogP contribution in [0.4, 0.5) is 0 Å². The monoisotopic (exact) mass is 412 g/mol. The highest BCUT2D eigenvalue weighted by Crippen LogP contribution is 2.46. The predicted molar refractivity (Wildman–Crippen MR) is 119 cm³/mol. The lowest BCUT2D eigenvalue weighted by atomic mass is 9.76. The lowest BCUT2D eigenvalue weighted by Crippen LogP contribution is -2.50. The van der Waals surface area contributed by atoms with Crippen LogP contribution in [0.15, 0.2) is 41.8 Å². The summed E-state index contributed by atoms with van der Waals surface area (Å²) in [5.74, 6) is 1.50. The van der Waals surface area contributed by atoms with Crippen LogP contribution in [0.2, 0.25) is 0 Å². The molecule has 0 aliphatic carbocycles. The van der Waals surface area contributed by atoms with Crippen molar-refractivity contribution in [1.29, 1.82) is 0 Å². The molecule has 1 fully saturated rings. The molecule has 0 bridgehead atoms. The molecule has 156 valence electrons. The standard InChI is InChI=1S/C24H32N2O2S/c1-3-26(4-2)23(27)16-19-17-24(28-22-10-6-5-9-21(19)22)11-13-25(14-12-24)18-20-8-7-15-29-20/h5-10,15,19H,3-4,11-14,16-18H2,1-2H3/t19-/m1/s1. The van der Waals surface area contributed by atoms with E-state index in [0.717, 1.165) is 57.7 Å². The number of thiophene rings is 1. The summed E-state index contributed by atoms with van der Waals surface area (Å²) in [6, 6.07) is 12.7. The first kappa shape index (κ1) is 20.4. The number of hydrogen-bond acceptors (Lipinski definition) is 4. The van der Waals surface area contributed by atoms with Crippen LogP contribution in [0.5, 0.6) is 5.75 Å². The third kappa shape index (κ3) is 4.51. The molecular formula is C24H32N2O2S. The zero-order chi connectivity index (χ0) is 20.3. The maximum atomic E-state index is 12.9. The molecule has 5 heteroatoms. The highest BCUT2D eigenvalue weighted by molar-refractivity contribution is 7.09. The van der Waals surface area contributed by atoms with Crippen LogP contribution in [-0.2, 0) is 11.3 Å². The van der Waals surface area contributed by atoms with Crippen LogP contribution in [0.3, 0.4) is 0 Å². The number of rotatable bonds is 6. The zero-order valence-electron chi connectivity index (χ0n) is 17.6. The summed E-state index contributed by atoms with van der Waals surface area (Å²) < 4.78 is 6.62. The summed E-state index contributed by atoms with van der Waals surface area (Å²) in [7, 11) is 0. The van der Waals surface area contributed by atoms with Crippen molar-refractivity contribution < 1.29 is 9.53 Å². The zero-order valence-corrected chi connectivity index (χ0v) is 18.4. The largest absolute Gasteiger partial charge is 0.487 e. The van der Waals surface area contributed by atoms with Gasteiger partial charge in [0.05, 0.1) is 0 Å². The molecule has 1 spiro atoms. The Balaban J connectivity index is 1.47. The summed E-state index contributed by atoms with van der Waals surface area (Å²) in [5, 5.41) is 2.15. The molecule has 2 aromatic rings. The summed E-state index contributed by atoms with van der Waals surface area (Å²) in [6.07, 6.45) is 3.60. The van der Waals surface area contributed by atoms with Gasteiger partial charge in [0.2, 0.25) is 5.91 Å². The number of hydrogen-bond donors (Lipinski definition) is 0. The third-order valence-electron chi connectivity index (χ3n) is 6.57. The quantitative estimate of drug-likeness (QED) is 0.676. The molecule has 0 unspecified atom stereocenters. The van der Waals surface area contributed by atoms with Gasteiger partial charge >= 0.3 is 0 Å². The molecule has 3 heterocycles. The topological polar surface area (TPSA) is 32.8 Å². The highest BCUT2D eigenvalue weighted by Gasteiger charge is 2.43. The molecule has 1 atom stereocenters. The van der Waals surface area contributed by atoms with E-state index in [1.807, 2.05) is 22.3 Å². The number of benzene rings is 1. The minimum Gasteiger partial charge on any atom is -0.487 e. The average Bonchev–Trinajstić information content (AvgIpc) is 3.24. The normalized spacial score (nSPS) is 20.8. The van der Waals surface area contributed by atoms with Gasteiger partial charge in [-0.3, -0.25) is 9.69 Å². The van der Waals surface area contributed by atoms with Crippen LogP contribution < -0.4 is 4.74 Å². The number of fused-ring (bicyclic) bond motifs is 1. The lowest BCUT2D eigenvalue weighted by Gasteiger charge is -2.47. The molecule has 1 aromatic carbocycles. The highest BCUT2D eigenvalue weighted by atomic mass is 32.1. The number of ether oxygens (including phenoxy) is 1. The van der Waals surface area contributed by atoms with Crippen LogP contribution in [0.1, 0.15) is 55.9 Å². The maximum Gasteiger partial charge on any atom is 0.223 e. The average molecular weight is 413 g/mol. The van der Waals surface area contributed by atoms with Gasteiger partial charge in [-0.2, -0.15) is 0 Å². The van der Waals surface area contributed by atoms with Crippen molar-refractivity contribution in [3.63, 3.8) is 0 Å². The summed E-state index contributed by atoms with van der Waals surface area (Å²) >= 11 is 1.83. The van der Waals surface area contributed by atoms with E-state index in [9.17, 15) is 4.79 Å². The first-order chi connectivity index (χ1) is 14.1. The molecule has 4 rings (SSSR count). The predicted octanol–water partition coefficient (Wildman–Crippen LogP) is 4.91. The van der Waals surface area contributed by atoms with Crippen LogP contribution in [-0.4, -0.2) is 47.5 Å². The van der Waals surface area contributed by atoms with E-state index in [-0.39, 0.29) is 17.4 Å². The Kier molecular flexibility index (Phi) is 6.26. The number of carbonyl (C=O) groups excluding carboxylic acids is 1. The van der Waals surface area contributed by atoms with Crippen LogP contribution in [0, 0.1) is 0 Å². The summed E-state index contributed by atoms with van der Waals surface area (Å²) in [5.41, 5.74) is 1.08. The van der Waals surface area contributed by atoms with Crippen LogP contribution >= 0.6 is 11.3 Å². The Morgan fingerprint density at radius 2 is 1.93 bits per heavy atom. The molecule has 0 saturated carbocycles. The van der Waals surface area contributed by atoms with E-state index in [2.05, 4.69) is 54.5 Å². The van der Waals surface area contributed by atoms with Crippen molar-refractivity contribution in [2.24, 2.45) is 0 Å². The van der Waals surface area contributed by atoms with Crippen molar-refractivity contribution in [3.8, 4) is 5.75 Å². The number of carbonyl (C=O) groups is 1. The van der Waals surface area contributed by atoms with Gasteiger partial charge in [-0.25, -0.2) is 0 Å². The van der Waals surface area contributed by atoms with Gasteiger partial charge in [0.25, 0.3) is 0 Å². The van der Waals surface area contributed by atoms with Crippen LogP contribution in [0.25, 0.3) is 0 Å². The van der Waals surface area contributed by atoms with Gasteiger partial charge in [0.1, 0.15) is 11.4 Å². The molecule has 0 radical (unpaired) electrons. The van der Waals surface area contributed by atoms with Gasteiger partial charge in [-0.15, -0.1) is 11.3 Å². The van der Waals surface area contributed by atoms with Gasteiger partial charge in [-0.05, 0) is 56.2 Å². The smallest absolute Gasteiger partial charge is 0.223 e. The molecule has 0 N–H and O–H groups in total. The minimum absolute atomic E-state index is 0.130. The van der Waals surface area contributed by atoms with Crippen molar-refractivity contribution in [2.45, 2.75) is 57.6 Å². The van der Waals surface area contributed by atoms with Gasteiger partial charge in [-0.1, -0.05) is 24.3 Å². The van der Waals surface area contributed by atoms with Crippen molar-refractivity contribution in [1.82, 2.24) is 9.80 Å². The maximum absolute atomic E-state index is 12.9. The fourth-order valence-corrected chi connectivity index (χ4v) is 5.64. The minimum atomic E-state index is -0.130. The second kappa shape index (κ2) is 8.88. The van der Waals surface area contributed by atoms with Crippen molar-refractivity contribution in [2.75, 3.05) is 26.2 Å². The molecular weight excluding hydrogens is 380 g/mol. The molecule has 1 aromatic heterocycles. The number of para-hydroxylation sites is 1. The number of likely N-dealkylation sites (tertiary alicyclic amines) is 1. The number of amides is 1. The Labute approximate surface area is 178 Å². The second-order valence-corrected chi connectivity index (χ2v) is 9.38. The molecule has 2 aliphatic heterocycles. The van der Waals surface area contributed by atoms with E-state index in [4.69, 9.17) is 4.74 Å². The van der Waals surface area contributed by atoms with E-state index in [1.165, 1.54) is 10.4 Å². The molecule has 2 aliphatic rings. The lowest BCUT2D eigenvalue weighted by molar-refractivity contribution is -0.131. The van der Waals surface area contributed by atoms with Crippen molar-refractivity contribution >= 4 is 17.2 Å². The van der Waals surface area contributed by atoms with Gasteiger partial charge in [0, 0.05) is 49.9 Å². The van der Waals surface area contributed by atoms with E-state index < -0.39 is 0 Å². The Morgan fingerprint density at radius 3 is 2.62 bits per heavy atom. The number of piperidine rings is 1. The SMILES string of the molecule is CCN(CC)C(=O)C[C@@H]1CC2(CCN(Cc3cccs3)CC2)Oc2ccccc21. The van der Waals surface area contributed by atoms with Gasteiger partial charge < -0.3 is 9.64 Å². The van der Waals surface area contributed by atoms with Crippen molar-refractivity contribution in [3.05, 3.63) is 52.2 Å². The second-order valence-electron chi connectivity index (χ2n) is 8.35. The molecule has 29 heavy (non-hydrogen) atoms. The first-order valence-corrected chi connectivity index (χ1v) is 11.8. The van der Waals surface area contributed by atoms with E-state index >= 15 is 0 Å². The Bertz CT molecular complexity index is 808. The van der Waals surface area contributed by atoms with E-state index in [0.29, 0.717) is 6.42 Å². The molecule has 1 amide bonds. The fourth-order valence-electron chi connectivity index (χ4n) is 4.89. The number of nitrogens with zero attached hydrogens (tertiary/aromatic N) is 2. The van der Waals surface area contributed by atoms with Gasteiger partial charge in [0.15, 0.2) is 0 Å². The Hall–Kier alpha value is -1.85.